The van der Waals surface area contributed by atoms with Crippen molar-refractivity contribution in [3.63, 3.8) is 0 Å². The van der Waals surface area contributed by atoms with Gasteiger partial charge in [0.1, 0.15) is 28.3 Å². The highest BCUT2D eigenvalue weighted by Gasteiger charge is 2.36. The van der Waals surface area contributed by atoms with E-state index in [0.29, 0.717) is 5.41 Å². The molecule has 2 aliphatic heterocycles. The molecule has 2 fully saturated rings. The minimum absolute atomic E-state index is 0.0782. The Morgan fingerprint density at radius 1 is 1.05 bits per heavy atom. The molecule has 0 atom stereocenters. The summed E-state index contributed by atoms with van der Waals surface area (Å²) in [7, 11) is 2.20. The van der Waals surface area contributed by atoms with Gasteiger partial charge in [-0.15, -0.1) is 0 Å². The molecule has 10 nitrogen and oxygen atoms in total. The molecule has 0 aliphatic carbocycles. The Morgan fingerprint density at radius 2 is 1.70 bits per heavy atom. The van der Waals surface area contributed by atoms with Crippen LogP contribution in [0.15, 0.2) is 59.8 Å². The van der Waals surface area contributed by atoms with E-state index in [4.69, 9.17) is 0 Å². The summed E-state index contributed by atoms with van der Waals surface area (Å²) in [4.78, 5) is 31.3. The standard InChI is InChI=1S/C32H38F2N8O2/c1-21(33)20-41-29(43)24-19-35-30(38-28(24)42(41)26-10-9-25(34)27(37-26)31(2,3)44)36-22-5-7-23(8-6-22)40-17-13-32(14-18-40)11-15-39(4)16-12-32/h5-10,19,44H,1,11-18,20H2,2-4H3,(H,35,36,38). The van der Waals surface area contributed by atoms with Gasteiger partial charge in [0.05, 0.1) is 6.54 Å². The van der Waals surface area contributed by atoms with Gasteiger partial charge in [0.25, 0.3) is 5.56 Å². The van der Waals surface area contributed by atoms with Crippen LogP contribution in [0.3, 0.4) is 0 Å². The van der Waals surface area contributed by atoms with E-state index in [1.807, 2.05) is 12.1 Å². The van der Waals surface area contributed by atoms with Crippen molar-refractivity contribution < 1.29 is 13.9 Å². The van der Waals surface area contributed by atoms with E-state index in [-0.39, 0.29) is 28.5 Å². The quantitative estimate of drug-likeness (QED) is 0.308. The SMILES string of the molecule is C=C(F)Cn1c(=O)c2cnc(Nc3ccc(N4CCC5(CCN(C)CC5)CC4)cc3)nc2n1-c1ccc(F)c(C(C)(C)O)n1. The van der Waals surface area contributed by atoms with E-state index >= 15 is 0 Å². The zero-order valence-electron chi connectivity index (χ0n) is 25.4. The molecule has 0 saturated carbocycles. The van der Waals surface area contributed by atoms with Crippen LogP contribution in [0.2, 0.25) is 0 Å². The molecule has 0 unspecified atom stereocenters. The lowest BCUT2D eigenvalue weighted by Crippen LogP contribution is -2.46. The van der Waals surface area contributed by atoms with Gasteiger partial charge in [-0.2, -0.15) is 4.98 Å². The third-order valence-corrected chi connectivity index (χ3v) is 8.99. The maximum atomic E-state index is 14.5. The third-order valence-electron chi connectivity index (χ3n) is 8.99. The second-order valence-corrected chi connectivity index (χ2v) is 12.6. The summed E-state index contributed by atoms with van der Waals surface area (Å²) in [5, 5.41) is 13.8. The number of nitrogens with one attached hydrogen (secondary N) is 1. The molecule has 1 spiro atoms. The summed E-state index contributed by atoms with van der Waals surface area (Å²) >= 11 is 0. The summed E-state index contributed by atoms with van der Waals surface area (Å²) in [5.41, 5.74) is 0.156. The maximum Gasteiger partial charge on any atom is 0.278 e. The number of aliphatic hydroxyl groups is 1. The molecule has 0 radical (unpaired) electrons. The Morgan fingerprint density at radius 3 is 2.34 bits per heavy atom. The Hall–Kier alpha value is -4.16. The number of aromatic nitrogens is 5. The minimum atomic E-state index is -1.60. The number of anilines is 3. The Labute approximate surface area is 254 Å². The third kappa shape index (κ3) is 5.83. The lowest BCUT2D eigenvalue weighted by atomic mass is 9.71. The van der Waals surface area contributed by atoms with Gasteiger partial charge in [-0.3, -0.25) is 4.79 Å². The summed E-state index contributed by atoms with van der Waals surface area (Å²) in [6.07, 6.45) is 6.35. The number of likely N-dealkylation sites (tertiary alicyclic amines) is 1. The number of nitrogens with zero attached hydrogens (tertiary/aromatic N) is 7. The first kappa shape index (κ1) is 29.9. The molecule has 0 bridgehead atoms. The van der Waals surface area contributed by atoms with E-state index in [9.17, 15) is 18.7 Å². The number of hydrogen-bond acceptors (Lipinski definition) is 8. The van der Waals surface area contributed by atoms with Crippen molar-refractivity contribution in [2.24, 2.45) is 5.41 Å². The molecule has 2 saturated heterocycles. The number of piperidine rings is 2. The van der Waals surface area contributed by atoms with Gasteiger partial charge in [-0.1, -0.05) is 6.58 Å². The lowest BCUT2D eigenvalue weighted by Gasteiger charge is -2.46. The van der Waals surface area contributed by atoms with Crippen LogP contribution >= 0.6 is 0 Å². The Kier molecular flexibility index (Phi) is 7.75. The zero-order valence-corrected chi connectivity index (χ0v) is 25.4. The summed E-state index contributed by atoms with van der Waals surface area (Å²) in [6.45, 7) is 10.1. The second kappa shape index (κ2) is 11.4. The topological polar surface area (TPSA) is 104 Å². The number of hydrogen-bond donors (Lipinski definition) is 2. The Bertz CT molecular complexity index is 1740. The average molecular weight is 605 g/mol. The van der Waals surface area contributed by atoms with Crippen molar-refractivity contribution in [2.45, 2.75) is 51.7 Å². The molecule has 4 aromatic rings. The van der Waals surface area contributed by atoms with Gasteiger partial charge in [-0.25, -0.2) is 28.1 Å². The van der Waals surface area contributed by atoms with Crippen LogP contribution in [0.5, 0.6) is 0 Å². The van der Waals surface area contributed by atoms with Crippen LogP contribution in [-0.4, -0.2) is 67.5 Å². The summed E-state index contributed by atoms with van der Waals surface area (Å²) in [6, 6.07) is 10.6. The molecule has 12 heteroatoms. The smallest absolute Gasteiger partial charge is 0.278 e. The number of allylic oxidation sites excluding steroid dienone is 1. The summed E-state index contributed by atoms with van der Waals surface area (Å²) in [5.74, 6) is -1.19. The second-order valence-electron chi connectivity index (χ2n) is 12.6. The van der Waals surface area contributed by atoms with Gasteiger partial charge in [0.2, 0.25) is 5.95 Å². The monoisotopic (exact) mass is 604 g/mol. The molecule has 3 aromatic heterocycles. The van der Waals surface area contributed by atoms with E-state index in [1.54, 1.807) is 0 Å². The molecule has 6 rings (SSSR count). The first-order valence-electron chi connectivity index (χ1n) is 14.9. The lowest BCUT2D eigenvalue weighted by molar-refractivity contribution is 0.0694. The molecular weight excluding hydrogens is 566 g/mol. The highest BCUT2D eigenvalue weighted by atomic mass is 19.1. The van der Waals surface area contributed by atoms with Crippen molar-refractivity contribution >= 4 is 28.4 Å². The molecule has 2 aliphatic rings. The van der Waals surface area contributed by atoms with Crippen LogP contribution in [0.25, 0.3) is 16.9 Å². The van der Waals surface area contributed by atoms with E-state index in [1.165, 1.54) is 69.6 Å². The first-order chi connectivity index (χ1) is 20.9. The van der Waals surface area contributed by atoms with Crippen LogP contribution in [0, 0.1) is 11.2 Å². The maximum absolute atomic E-state index is 14.5. The molecule has 1 aromatic carbocycles. The van der Waals surface area contributed by atoms with E-state index < -0.39 is 29.3 Å². The van der Waals surface area contributed by atoms with Crippen molar-refractivity contribution in [1.29, 1.82) is 0 Å². The highest BCUT2D eigenvalue weighted by molar-refractivity contribution is 5.77. The van der Waals surface area contributed by atoms with Gasteiger partial charge >= 0.3 is 0 Å². The van der Waals surface area contributed by atoms with Gasteiger partial charge in [-0.05, 0) is 101 Å². The number of rotatable bonds is 7. The number of fused-ring (bicyclic) bond motifs is 1. The molecule has 44 heavy (non-hydrogen) atoms. The van der Waals surface area contributed by atoms with Crippen LogP contribution in [0.4, 0.5) is 26.1 Å². The molecule has 0 amide bonds. The van der Waals surface area contributed by atoms with Crippen LogP contribution in [-0.2, 0) is 12.1 Å². The van der Waals surface area contributed by atoms with Crippen molar-refractivity contribution in [1.82, 2.24) is 29.2 Å². The Balaban J connectivity index is 1.26. The van der Waals surface area contributed by atoms with Gasteiger partial charge in [0.15, 0.2) is 11.5 Å². The number of halogens is 2. The van der Waals surface area contributed by atoms with Gasteiger partial charge in [0, 0.05) is 30.7 Å². The molecule has 232 valence electrons. The predicted octanol–water partition coefficient (Wildman–Crippen LogP) is 4.88. The number of benzene rings is 1. The average Bonchev–Trinajstić information content (AvgIpc) is 3.25. The van der Waals surface area contributed by atoms with Crippen molar-refractivity contribution in [3.8, 4) is 5.82 Å². The van der Waals surface area contributed by atoms with Crippen molar-refractivity contribution in [3.05, 3.63) is 76.9 Å². The molecule has 2 N–H and O–H groups in total. The fraction of sp³-hybridized carbons (Fsp3) is 0.438. The van der Waals surface area contributed by atoms with Crippen molar-refractivity contribution in [2.75, 3.05) is 43.4 Å². The van der Waals surface area contributed by atoms with Crippen LogP contribution < -0.4 is 15.8 Å². The normalized spacial score (nSPS) is 17.4. The highest BCUT2D eigenvalue weighted by Crippen LogP contribution is 2.42. The number of pyridine rings is 1. The molecular formula is C32H38F2N8O2. The fourth-order valence-electron chi connectivity index (χ4n) is 6.32. The fourth-order valence-corrected chi connectivity index (χ4v) is 6.32. The van der Waals surface area contributed by atoms with E-state index in [2.05, 4.69) is 55.8 Å². The predicted molar refractivity (Wildman–Crippen MR) is 167 cm³/mol. The minimum Gasteiger partial charge on any atom is -0.384 e. The summed E-state index contributed by atoms with van der Waals surface area (Å²) < 4.78 is 30.9. The largest absolute Gasteiger partial charge is 0.384 e. The molecule has 5 heterocycles. The first-order valence-corrected chi connectivity index (χ1v) is 14.9. The zero-order chi connectivity index (χ0) is 31.2. The van der Waals surface area contributed by atoms with Gasteiger partial charge < -0.3 is 20.2 Å². The van der Waals surface area contributed by atoms with E-state index in [0.717, 1.165) is 35.2 Å². The van der Waals surface area contributed by atoms with Crippen LogP contribution in [0.1, 0.15) is 45.2 Å².